The van der Waals surface area contributed by atoms with Gasteiger partial charge >= 0.3 is 5.97 Å². The first-order chi connectivity index (χ1) is 61.2. The number of ether oxygens (including phenoxy) is 7. The minimum atomic E-state index is -2.26. The van der Waals surface area contributed by atoms with E-state index < -0.39 is 198 Å². The maximum atomic E-state index is 16.2. The number of nitrogens with zero attached hydrogens (tertiary/aromatic N) is 1. The number of likely N-dealkylation sites (N-methyl/N-ethyl adjacent to an activating group) is 1. The summed E-state index contributed by atoms with van der Waals surface area (Å²) in [7, 11) is 1.50. The van der Waals surface area contributed by atoms with Crippen LogP contribution in [0.4, 0.5) is 0 Å². The lowest BCUT2D eigenvalue weighted by atomic mass is 9.84. The largest absolute Gasteiger partial charge is 0.494 e. The van der Waals surface area contributed by atoms with Gasteiger partial charge in [-0.25, -0.2) is 4.79 Å². The molecule has 17 N–H and O–H groups in total. The molecule has 8 heterocycles. The summed E-state index contributed by atoms with van der Waals surface area (Å²) in [6, 6.07) is 25.1. The molecule has 0 unspecified atom stereocenters. The lowest BCUT2D eigenvalue weighted by Crippen LogP contribution is -2.65. The number of carbonyl (C=O) groups is 10. The van der Waals surface area contributed by atoms with Crippen LogP contribution in [0.3, 0.4) is 0 Å². The third-order valence-electron chi connectivity index (χ3n) is 24.4. The summed E-state index contributed by atoms with van der Waals surface area (Å²) in [6.45, 7) is 8.55. The fourth-order valence-electron chi connectivity index (χ4n) is 17.6. The molecule has 678 valence electrons. The molecule has 9 aliphatic rings. The van der Waals surface area contributed by atoms with Crippen molar-refractivity contribution < 1.29 is 117 Å². The number of aliphatic carboxylic acids is 1. The number of hydrogen-bond acceptors (Lipinski definition) is 25. The minimum Gasteiger partial charge on any atom is -0.494 e. The highest BCUT2D eigenvalue weighted by Gasteiger charge is 2.57. The number of carboxylic acids is 1. The van der Waals surface area contributed by atoms with Gasteiger partial charge in [0.2, 0.25) is 65.2 Å². The molecule has 22 atom stereocenters. The molecule has 3 saturated heterocycles. The van der Waals surface area contributed by atoms with E-state index >= 15 is 19.2 Å². The Kier molecular flexibility index (Phi) is 28.7. The van der Waals surface area contributed by atoms with Crippen LogP contribution in [0.15, 0.2) is 158 Å². The Morgan fingerprint density at radius 1 is 0.688 bits per heavy atom. The number of hydrogen-bond donors (Lipinski definition) is 16. The van der Waals surface area contributed by atoms with E-state index in [1.54, 1.807) is 44.2 Å². The van der Waals surface area contributed by atoms with Crippen LogP contribution in [0.1, 0.15) is 136 Å². The van der Waals surface area contributed by atoms with Crippen molar-refractivity contribution in [2.75, 3.05) is 26.8 Å². The molecular formula is C92H102Cl2N10O24. The molecule has 0 spiro atoms. The van der Waals surface area contributed by atoms with Crippen LogP contribution in [0, 0.1) is 29.6 Å². The number of carbonyl (C=O) groups excluding carboxylic acids is 9. The van der Waals surface area contributed by atoms with Crippen LogP contribution in [0.25, 0.3) is 17.2 Å². The van der Waals surface area contributed by atoms with E-state index in [2.05, 4.69) is 48.6 Å². The number of likely N-dealkylation sites (tertiary alicyclic amines) is 1. The predicted molar refractivity (Wildman–Crippen MR) is 460 cm³/mol. The summed E-state index contributed by atoms with van der Waals surface area (Å²) in [6.07, 6.45) is -13.3. The molecule has 7 aromatic carbocycles. The van der Waals surface area contributed by atoms with Gasteiger partial charge in [-0.3, -0.25) is 48.1 Å². The van der Waals surface area contributed by atoms with Crippen LogP contribution < -0.4 is 67.2 Å². The summed E-state index contributed by atoms with van der Waals surface area (Å²) in [4.78, 5) is 147. The third kappa shape index (κ3) is 20.2. The zero-order valence-corrected chi connectivity index (χ0v) is 72.0. The first-order valence-corrected chi connectivity index (χ1v) is 43.0. The quantitative estimate of drug-likeness (QED) is 0.0275. The van der Waals surface area contributed by atoms with Crippen LogP contribution in [-0.2, 0) is 68.7 Å². The summed E-state index contributed by atoms with van der Waals surface area (Å²) in [5, 5.41) is 104. The van der Waals surface area contributed by atoms with Gasteiger partial charge < -0.3 is 117 Å². The van der Waals surface area contributed by atoms with Gasteiger partial charge in [0.25, 0.3) is 0 Å². The Morgan fingerprint density at radius 2 is 1.34 bits per heavy atom. The van der Waals surface area contributed by atoms with Crippen molar-refractivity contribution in [1.29, 1.82) is 0 Å². The number of benzene rings is 7. The maximum Gasteiger partial charge on any atom is 0.330 e. The van der Waals surface area contributed by atoms with Crippen LogP contribution in [0.2, 0.25) is 10.0 Å². The molecule has 8 aliphatic heterocycles. The number of nitrogens with one attached hydrogen (secondary N) is 8. The zero-order chi connectivity index (χ0) is 91.4. The normalized spacial score (nSPS) is 29.1. The molecule has 11 bridgehead atoms. The number of amides is 9. The van der Waals surface area contributed by atoms with Crippen molar-refractivity contribution >= 4 is 88.4 Å². The summed E-state index contributed by atoms with van der Waals surface area (Å²) in [5.41, 5.74) is 6.06. The van der Waals surface area contributed by atoms with Crippen molar-refractivity contribution in [2.24, 2.45) is 35.3 Å². The third-order valence-corrected chi connectivity index (χ3v) is 25.0. The zero-order valence-electron chi connectivity index (χ0n) is 70.5. The van der Waals surface area contributed by atoms with Crippen LogP contribution in [-0.4, -0.2) is 205 Å². The van der Waals surface area contributed by atoms with Crippen molar-refractivity contribution in [1.82, 2.24) is 47.4 Å². The first-order valence-electron chi connectivity index (χ1n) is 42.2. The molecule has 34 nitrogen and oxygen atoms in total. The van der Waals surface area contributed by atoms with E-state index in [4.69, 9.17) is 62.1 Å². The molecule has 1 saturated carbocycles. The Labute approximate surface area is 745 Å². The summed E-state index contributed by atoms with van der Waals surface area (Å²) in [5.74, 6) is -13.1. The van der Waals surface area contributed by atoms with Crippen molar-refractivity contribution in [2.45, 2.75) is 183 Å². The highest BCUT2D eigenvalue weighted by molar-refractivity contribution is 6.32. The summed E-state index contributed by atoms with van der Waals surface area (Å²) >= 11 is 14.4. The van der Waals surface area contributed by atoms with E-state index in [0.29, 0.717) is 12.2 Å². The molecule has 9 amide bonds. The van der Waals surface area contributed by atoms with Crippen molar-refractivity contribution in [3.8, 4) is 45.6 Å². The van der Waals surface area contributed by atoms with Gasteiger partial charge in [0.1, 0.15) is 78.0 Å². The second-order valence-corrected chi connectivity index (χ2v) is 34.7. The maximum absolute atomic E-state index is 16.2. The number of imide groups is 1. The second kappa shape index (κ2) is 39.6. The average molecular weight is 1800 g/mol. The van der Waals surface area contributed by atoms with Gasteiger partial charge in [-0.2, -0.15) is 0 Å². The van der Waals surface area contributed by atoms with Gasteiger partial charge in [0.15, 0.2) is 29.9 Å². The molecule has 0 radical (unpaired) electrons. The highest BCUT2D eigenvalue weighted by Crippen LogP contribution is 2.51. The van der Waals surface area contributed by atoms with Gasteiger partial charge in [0, 0.05) is 25.0 Å². The second-order valence-electron chi connectivity index (χ2n) is 33.9. The van der Waals surface area contributed by atoms with E-state index in [9.17, 15) is 64.5 Å². The molecule has 7 aromatic rings. The number of halogens is 2. The fraction of sp³-hybridized carbons (Fsp3) is 0.413. The van der Waals surface area contributed by atoms with E-state index in [1.165, 1.54) is 72.6 Å². The van der Waals surface area contributed by atoms with Crippen LogP contribution >= 0.6 is 23.2 Å². The van der Waals surface area contributed by atoms with E-state index in [0.717, 1.165) is 35.7 Å². The predicted octanol–water partition coefficient (Wildman–Crippen LogP) is 5.56. The fourth-order valence-corrected chi connectivity index (χ4v) is 18.1. The van der Waals surface area contributed by atoms with Gasteiger partial charge in [0.05, 0.1) is 59.8 Å². The topological polar surface area (TPSA) is 502 Å². The van der Waals surface area contributed by atoms with Crippen molar-refractivity contribution in [3.63, 3.8) is 0 Å². The molecule has 4 fully saturated rings. The molecule has 16 rings (SSSR count). The van der Waals surface area contributed by atoms with Gasteiger partial charge in [-0.05, 0) is 163 Å². The molecule has 36 heteroatoms. The van der Waals surface area contributed by atoms with Gasteiger partial charge in [-0.1, -0.05) is 153 Å². The SMILES string of the molecule is CN[C@H](CC(C)C)C(=O)N[C@H]1C(=O)N[C@@H](CC(N)=O)C(=O)N[C@H]2C(=O)N[C@H]3C(=O)N[C@H](C(=O)N[C@H](C(=O)O)c4ccccc4-c4cccc3c4)[C@H](O)c3ccc(c(Cl)c3)Oc3cc2cc(c3O[C@@H]2O[C@H](CO)[C@@H](O)[C@H](O)[C@H]2O[C@H]2C[C@](C)(NCc3ccc(OCCCN4C(=O)[C@@H]5[C@H](C4=O)[C@@H](C)C[C@H]5/C=C/c4ccccc4)cc3)[C@H](O)[C@H](C)O2)Oc2ccc(cc2Cl)[C@H]1O. The lowest BCUT2D eigenvalue weighted by molar-refractivity contribution is -0.334. The highest BCUT2D eigenvalue weighted by atomic mass is 35.5. The molecule has 128 heavy (non-hydrogen) atoms. The van der Waals surface area contributed by atoms with E-state index in [-0.39, 0.29) is 123 Å². The number of fused-ring (bicyclic) bond motifs is 16. The number of nitrogens with two attached hydrogens (primary N) is 1. The molecule has 0 aromatic heterocycles. The lowest BCUT2D eigenvalue weighted by Gasteiger charge is -2.48. The number of aliphatic hydroxyl groups excluding tert-OH is 6. The number of aliphatic hydroxyl groups is 6. The molecular weight excluding hydrogens is 1700 g/mol. The first kappa shape index (κ1) is 92.7. The Hall–Kier alpha value is -11.5. The Morgan fingerprint density at radius 3 is 1.99 bits per heavy atom. The number of carboxylic acid groups (broad SMARTS) is 1. The standard InChI is InChI=1S/C92H102Cl2N10O24/c1-43(2)32-59(96-6)82(112)102-73-75(107)51-24-28-61(57(93)35-51)124-63-37-53-38-64(125-62-29-25-52(36-58(62)94)76(108)74-87(117)101-72(90(120)121)56-19-11-10-18-55(56)48-16-12-17-50(34-48)70(84(114)103-74)100-85(115)71(53)99-83(113)60(39-66(95)106)98-86(73)116)79(63)128-91-80(78(110)77(109)65(42-105)126-91)127-67-40-92(5,81(111)45(4)123-67)97-41-47-21-26-54(27-22-47)122-31-13-30-104-88(118)68-44(3)33-49(69(68)89(104)119)23-20-46-14-8-7-9-15-46/h7-12,14-29,34-38,43-45,49,59-60,65,67-78,80-81,91,96-97,105,107-111H,13,30-33,39-42H2,1-6H3,(H2,95,106)(H,98,116)(H,99,113)(H,100,115)(H,101,117)(H,102,112)(H,103,114)(H,120,121)/b23-20+/t44-,45-,49+,59+,60-,65+,67-,68+,69-,70+,71+,72-,73+,74-,75+,76+,77+,78-,80+,81+,91-,92-/m0/s1. The number of allylic oxidation sites excluding steroid dienone is 1. The Balaban J connectivity index is 0.815. The van der Waals surface area contributed by atoms with Gasteiger partial charge in [-0.15, -0.1) is 0 Å². The number of rotatable bonds is 23. The minimum absolute atomic E-state index is 0.0401. The molecule has 1 aliphatic carbocycles. The summed E-state index contributed by atoms with van der Waals surface area (Å²) < 4.78 is 45.9. The average Bonchev–Trinajstić information content (AvgIpc) is 1.61. The van der Waals surface area contributed by atoms with Crippen LogP contribution in [0.5, 0.6) is 34.5 Å². The Bertz CT molecular complexity index is 5380. The monoisotopic (exact) mass is 1800 g/mol. The van der Waals surface area contributed by atoms with Crippen molar-refractivity contribution in [3.05, 3.63) is 207 Å². The smallest absolute Gasteiger partial charge is 0.330 e. The number of primary amides is 1. The van der Waals surface area contributed by atoms with E-state index in [1.807, 2.05) is 69.3 Å².